The Labute approximate surface area is 237 Å². The van der Waals surface area contributed by atoms with Crippen LogP contribution in [-0.2, 0) is 11.4 Å². The van der Waals surface area contributed by atoms with Gasteiger partial charge in [-0.05, 0) is 56.9 Å². The van der Waals surface area contributed by atoms with Gasteiger partial charge in [-0.25, -0.2) is 4.98 Å². The van der Waals surface area contributed by atoms with Crippen molar-refractivity contribution in [1.82, 2.24) is 9.88 Å². The van der Waals surface area contributed by atoms with Gasteiger partial charge in [-0.1, -0.05) is 17.7 Å². The number of rotatable bonds is 7. The lowest BCUT2D eigenvalue weighted by atomic mass is 9.97. The molecule has 1 aromatic heterocycles. The van der Waals surface area contributed by atoms with Gasteiger partial charge >= 0.3 is 5.97 Å². The first kappa shape index (κ1) is 27.6. The summed E-state index contributed by atoms with van der Waals surface area (Å²) in [5.41, 5.74) is 4.21. The van der Waals surface area contributed by atoms with Gasteiger partial charge in [0.05, 0.1) is 29.3 Å². The van der Waals surface area contributed by atoms with Crippen LogP contribution in [0.1, 0.15) is 52.7 Å². The maximum Gasteiger partial charge on any atom is 0.306 e. The molecule has 2 aliphatic rings. The minimum Gasteiger partial charge on any atom is -0.488 e. The van der Waals surface area contributed by atoms with Crippen molar-refractivity contribution in [3.8, 4) is 23.1 Å². The van der Waals surface area contributed by atoms with Crippen LogP contribution >= 0.6 is 11.3 Å². The van der Waals surface area contributed by atoms with Crippen molar-refractivity contribution in [2.45, 2.75) is 45.3 Å². The van der Waals surface area contributed by atoms with Crippen molar-refractivity contribution in [3.63, 3.8) is 0 Å². The number of anilines is 1. The highest BCUT2D eigenvalue weighted by atomic mass is 32.1. The molecule has 2 N–H and O–H groups in total. The molecule has 3 aromatic rings. The van der Waals surface area contributed by atoms with Crippen LogP contribution < -0.4 is 9.64 Å². The lowest BCUT2D eigenvalue weighted by Crippen LogP contribution is -2.40. The molecular weight excluding hydrogens is 528 g/mol. The van der Waals surface area contributed by atoms with E-state index in [4.69, 9.17) is 9.72 Å². The minimum absolute atomic E-state index is 0.136. The number of nitriles is 1. The molecule has 0 radical (unpaired) electrons. The van der Waals surface area contributed by atoms with Gasteiger partial charge in [-0.15, -0.1) is 11.3 Å². The zero-order valence-electron chi connectivity index (χ0n) is 22.4. The molecule has 40 heavy (non-hydrogen) atoms. The maximum absolute atomic E-state index is 12.9. The quantitative estimate of drug-likeness (QED) is 0.434. The zero-order chi connectivity index (χ0) is 28.2. The molecule has 3 heterocycles. The Bertz CT molecular complexity index is 1430. The summed E-state index contributed by atoms with van der Waals surface area (Å²) in [6.45, 7) is 4.49. The highest BCUT2D eigenvalue weighted by Crippen LogP contribution is 2.36. The van der Waals surface area contributed by atoms with E-state index in [1.165, 1.54) is 11.3 Å². The third-order valence-electron chi connectivity index (χ3n) is 7.63. The van der Waals surface area contributed by atoms with Crippen LogP contribution in [0.15, 0.2) is 41.8 Å². The minimum atomic E-state index is -0.732. The number of aliphatic carboxylic acids is 1. The standard InChI is InChI=1S/C30H32N4O5S/c1-19-2-5-27(25(14-19)26-18-40-30(32-26)34-10-6-20(7-11-34)29(37)38)39-17-22-4-3-21(15-23(22)16-31)28(36)33-12-8-24(35)9-13-33/h2-5,14-15,18,20,24,35H,6-13,17H2,1H3,(H,37,38). The Kier molecular flexibility index (Phi) is 8.33. The summed E-state index contributed by atoms with van der Waals surface area (Å²) in [6, 6.07) is 13.2. The summed E-state index contributed by atoms with van der Waals surface area (Å²) >= 11 is 1.53. The molecule has 2 fully saturated rings. The summed E-state index contributed by atoms with van der Waals surface area (Å²) < 4.78 is 6.21. The second-order valence-electron chi connectivity index (χ2n) is 10.4. The SMILES string of the molecule is Cc1ccc(OCc2ccc(C(=O)N3CCC(O)CC3)cc2C#N)c(-c2csc(N3CCC(C(=O)O)CC3)n2)c1. The number of ether oxygens (including phenoxy) is 1. The number of nitrogens with zero attached hydrogens (tertiary/aromatic N) is 4. The van der Waals surface area contributed by atoms with E-state index in [2.05, 4.69) is 11.0 Å². The summed E-state index contributed by atoms with van der Waals surface area (Å²) in [5.74, 6) is -0.521. The van der Waals surface area contributed by atoms with E-state index >= 15 is 0 Å². The Morgan fingerprint density at radius 3 is 2.55 bits per heavy atom. The number of piperidine rings is 2. The molecular formula is C30H32N4O5S. The second-order valence-corrected chi connectivity index (χ2v) is 11.2. The fraction of sp³-hybridized carbons (Fsp3) is 0.400. The summed E-state index contributed by atoms with van der Waals surface area (Å²) in [5, 5.41) is 31.7. The lowest BCUT2D eigenvalue weighted by molar-refractivity contribution is -0.142. The number of aromatic nitrogens is 1. The highest BCUT2D eigenvalue weighted by Gasteiger charge is 2.26. The van der Waals surface area contributed by atoms with E-state index < -0.39 is 5.97 Å². The van der Waals surface area contributed by atoms with Crippen molar-refractivity contribution < 1.29 is 24.5 Å². The predicted molar refractivity (Wildman–Crippen MR) is 151 cm³/mol. The Morgan fingerprint density at radius 1 is 1.10 bits per heavy atom. The largest absolute Gasteiger partial charge is 0.488 e. The molecule has 0 spiro atoms. The van der Waals surface area contributed by atoms with Gasteiger partial charge in [0.2, 0.25) is 0 Å². The average molecular weight is 561 g/mol. The van der Waals surface area contributed by atoms with E-state index in [1.54, 1.807) is 23.1 Å². The van der Waals surface area contributed by atoms with Gasteiger partial charge in [0.25, 0.3) is 5.91 Å². The Morgan fingerprint density at radius 2 is 1.85 bits per heavy atom. The van der Waals surface area contributed by atoms with Gasteiger partial charge in [-0.3, -0.25) is 9.59 Å². The van der Waals surface area contributed by atoms with E-state index in [0.29, 0.717) is 74.3 Å². The van der Waals surface area contributed by atoms with Gasteiger partial charge in [-0.2, -0.15) is 5.26 Å². The molecule has 2 aliphatic heterocycles. The number of likely N-dealkylation sites (tertiary alicyclic amines) is 1. The van der Waals surface area contributed by atoms with Crippen molar-refractivity contribution in [2.24, 2.45) is 5.92 Å². The number of hydrogen-bond acceptors (Lipinski definition) is 8. The molecule has 2 aromatic carbocycles. The number of aliphatic hydroxyl groups excluding tert-OH is 1. The van der Waals surface area contributed by atoms with Gasteiger partial charge in [0, 0.05) is 48.2 Å². The molecule has 208 valence electrons. The first-order chi connectivity index (χ1) is 19.3. The fourth-order valence-corrected chi connectivity index (χ4v) is 6.05. The number of carboxylic acids is 1. The molecule has 9 nitrogen and oxygen atoms in total. The second kappa shape index (κ2) is 12.1. The molecule has 0 saturated carbocycles. The summed E-state index contributed by atoms with van der Waals surface area (Å²) in [6.07, 6.45) is 1.97. The van der Waals surface area contributed by atoms with Crippen molar-refractivity contribution in [1.29, 1.82) is 5.26 Å². The smallest absolute Gasteiger partial charge is 0.306 e. The monoisotopic (exact) mass is 560 g/mol. The number of amides is 1. The number of benzene rings is 2. The molecule has 1 amide bonds. The molecule has 10 heteroatoms. The molecule has 5 rings (SSSR count). The molecule has 2 saturated heterocycles. The number of aliphatic hydroxyl groups is 1. The Balaban J connectivity index is 1.30. The van der Waals surface area contributed by atoms with Crippen molar-refractivity contribution >= 4 is 28.3 Å². The molecule has 0 unspecified atom stereocenters. The number of carboxylic acid groups (broad SMARTS) is 1. The van der Waals surface area contributed by atoms with Crippen LogP contribution in [0.2, 0.25) is 0 Å². The van der Waals surface area contributed by atoms with Crippen molar-refractivity contribution in [3.05, 3.63) is 64.0 Å². The third kappa shape index (κ3) is 6.11. The zero-order valence-corrected chi connectivity index (χ0v) is 23.2. The summed E-state index contributed by atoms with van der Waals surface area (Å²) in [7, 11) is 0. The van der Waals surface area contributed by atoms with Gasteiger partial charge in [0.15, 0.2) is 5.13 Å². The number of carbonyl (C=O) groups excluding carboxylic acids is 1. The van der Waals surface area contributed by atoms with Gasteiger partial charge < -0.3 is 24.7 Å². The van der Waals surface area contributed by atoms with Gasteiger partial charge in [0.1, 0.15) is 12.4 Å². The first-order valence-corrected chi connectivity index (χ1v) is 14.4. The van der Waals surface area contributed by atoms with E-state index in [1.807, 2.05) is 30.5 Å². The van der Waals surface area contributed by atoms with Crippen LogP contribution in [0.3, 0.4) is 0 Å². The van der Waals surface area contributed by atoms with Crippen molar-refractivity contribution in [2.75, 3.05) is 31.1 Å². The Hall–Kier alpha value is -3.94. The fourth-order valence-electron chi connectivity index (χ4n) is 5.17. The number of thiazole rings is 1. The third-order valence-corrected chi connectivity index (χ3v) is 8.53. The van der Waals surface area contributed by atoms with Crippen LogP contribution in [0, 0.1) is 24.2 Å². The summed E-state index contributed by atoms with van der Waals surface area (Å²) in [4.78, 5) is 32.9. The maximum atomic E-state index is 12.9. The van der Waals surface area contributed by atoms with Crippen LogP contribution in [0.4, 0.5) is 5.13 Å². The predicted octanol–water partition coefficient (Wildman–Crippen LogP) is 4.47. The van der Waals surface area contributed by atoms with Crippen LogP contribution in [-0.4, -0.2) is 64.3 Å². The topological polar surface area (TPSA) is 127 Å². The molecule has 0 bridgehead atoms. The first-order valence-electron chi connectivity index (χ1n) is 13.5. The highest BCUT2D eigenvalue weighted by molar-refractivity contribution is 7.14. The van der Waals surface area contributed by atoms with E-state index in [0.717, 1.165) is 22.0 Å². The van der Waals surface area contributed by atoms with Crippen LogP contribution in [0.25, 0.3) is 11.3 Å². The lowest BCUT2D eigenvalue weighted by Gasteiger charge is -2.29. The molecule has 0 aliphatic carbocycles. The number of hydrogen-bond donors (Lipinski definition) is 2. The normalized spacial score (nSPS) is 16.5. The number of carbonyl (C=O) groups is 2. The van der Waals surface area contributed by atoms with Crippen LogP contribution in [0.5, 0.6) is 5.75 Å². The van der Waals surface area contributed by atoms with E-state index in [9.17, 15) is 25.1 Å². The van der Waals surface area contributed by atoms with E-state index in [-0.39, 0.29) is 24.5 Å². The number of aryl methyl sites for hydroxylation is 1. The average Bonchev–Trinajstić information content (AvgIpc) is 3.47. The molecule has 0 atom stereocenters.